The number of hydrogen-bond donors (Lipinski definition) is 1. The highest BCUT2D eigenvalue weighted by atomic mass is 15.1. The van der Waals surface area contributed by atoms with Gasteiger partial charge in [0.15, 0.2) is 0 Å². The highest BCUT2D eigenvalue weighted by Gasteiger charge is 2.26. The van der Waals surface area contributed by atoms with Gasteiger partial charge in [-0.15, -0.1) is 0 Å². The molecule has 1 aliphatic rings. The Morgan fingerprint density at radius 2 is 1.73 bits per heavy atom. The maximum atomic E-state index is 6.33. The zero-order chi connectivity index (χ0) is 15.5. The van der Waals surface area contributed by atoms with Crippen molar-refractivity contribution in [2.24, 2.45) is 5.73 Å². The molecule has 2 heteroatoms. The van der Waals surface area contributed by atoms with Crippen molar-refractivity contribution in [2.75, 3.05) is 13.1 Å². The minimum atomic E-state index is 0.268. The minimum Gasteiger partial charge on any atom is -0.327 e. The third-order valence-electron chi connectivity index (χ3n) is 4.76. The fraction of sp³-hybridized carbons (Fsp3) is 0.400. The lowest BCUT2D eigenvalue weighted by atomic mass is 9.87. The second kappa shape index (κ2) is 6.64. The average Bonchev–Trinajstić information content (AvgIpc) is 2.50. The van der Waals surface area contributed by atoms with Gasteiger partial charge in [-0.1, -0.05) is 54.1 Å². The zero-order valence-corrected chi connectivity index (χ0v) is 13.6. The van der Waals surface area contributed by atoms with Gasteiger partial charge in [-0.05, 0) is 42.9 Å². The van der Waals surface area contributed by atoms with Crippen molar-refractivity contribution in [2.45, 2.75) is 38.8 Å². The first-order valence-corrected chi connectivity index (χ1v) is 8.21. The highest BCUT2D eigenvalue weighted by Crippen LogP contribution is 2.28. The lowest BCUT2D eigenvalue weighted by Gasteiger charge is -2.37. The normalized spacial score (nSPS) is 22.7. The molecule has 0 aromatic heterocycles. The molecule has 0 bridgehead atoms. The van der Waals surface area contributed by atoms with Crippen molar-refractivity contribution >= 4 is 0 Å². The standard InChI is InChI=1S/C20H26N2/c1-15-7-9-17(10-8-15)19-11-20(21)14-22(13-19)12-18-6-4-3-5-16(18)2/h3-10,19-20H,11-14,21H2,1-2H3. The Morgan fingerprint density at radius 1 is 1.00 bits per heavy atom. The molecule has 1 fully saturated rings. The number of nitrogens with zero attached hydrogens (tertiary/aromatic N) is 1. The molecule has 22 heavy (non-hydrogen) atoms. The molecule has 2 N–H and O–H groups in total. The smallest absolute Gasteiger partial charge is 0.0237 e. The summed E-state index contributed by atoms with van der Waals surface area (Å²) in [6.45, 7) is 7.43. The largest absolute Gasteiger partial charge is 0.327 e. The van der Waals surface area contributed by atoms with E-state index < -0.39 is 0 Å². The van der Waals surface area contributed by atoms with Crippen LogP contribution in [-0.4, -0.2) is 24.0 Å². The number of nitrogens with two attached hydrogens (primary N) is 1. The van der Waals surface area contributed by atoms with E-state index in [-0.39, 0.29) is 6.04 Å². The fourth-order valence-corrected chi connectivity index (χ4v) is 3.47. The molecule has 116 valence electrons. The van der Waals surface area contributed by atoms with Gasteiger partial charge in [0.25, 0.3) is 0 Å². The number of hydrogen-bond acceptors (Lipinski definition) is 2. The molecule has 1 aliphatic heterocycles. The van der Waals surface area contributed by atoms with Crippen LogP contribution in [0.25, 0.3) is 0 Å². The van der Waals surface area contributed by atoms with Crippen molar-refractivity contribution in [3.8, 4) is 0 Å². The van der Waals surface area contributed by atoms with E-state index in [2.05, 4.69) is 67.3 Å². The van der Waals surface area contributed by atoms with Crippen molar-refractivity contribution in [1.82, 2.24) is 4.90 Å². The maximum Gasteiger partial charge on any atom is 0.0237 e. The molecule has 0 saturated carbocycles. The van der Waals surface area contributed by atoms with Crippen LogP contribution in [0.1, 0.15) is 34.6 Å². The Balaban J connectivity index is 1.73. The zero-order valence-electron chi connectivity index (χ0n) is 13.6. The first-order chi connectivity index (χ1) is 10.6. The van der Waals surface area contributed by atoms with Crippen molar-refractivity contribution in [3.05, 3.63) is 70.8 Å². The molecule has 2 nitrogen and oxygen atoms in total. The Morgan fingerprint density at radius 3 is 2.45 bits per heavy atom. The monoisotopic (exact) mass is 294 g/mol. The van der Waals surface area contributed by atoms with Crippen LogP contribution in [0.15, 0.2) is 48.5 Å². The summed E-state index contributed by atoms with van der Waals surface area (Å²) in [6, 6.07) is 17.9. The number of rotatable bonds is 3. The lowest BCUT2D eigenvalue weighted by molar-refractivity contribution is 0.181. The van der Waals surface area contributed by atoms with Gasteiger partial charge in [-0.3, -0.25) is 4.90 Å². The molecule has 0 amide bonds. The molecule has 2 atom stereocenters. The van der Waals surface area contributed by atoms with Crippen molar-refractivity contribution in [3.63, 3.8) is 0 Å². The summed E-state index contributed by atoms with van der Waals surface area (Å²) in [5.41, 5.74) is 11.9. The summed E-state index contributed by atoms with van der Waals surface area (Å²) in [5, 5.41) is 0. The molecule has 1 heterocycles. The van der Waals surface area contributed by atoms with Crippen LogP contribution in [0.3, 0.4) is 0 Å². The first-order valence-electron chi connectivity index (χ1n) is 8.21. The molecule has 1 saturated heterocycles. The van der Waals surface area contributed by atoms with E-state index in [1.807, 2.05) is 0 Å². The minimum absolute atomic E-state index is 0.268. The van der Waals surface area contributed by atoms with Gasteiger partial charge in [0.1, 0.15) is 0 Å². The molecular weight excluding hydrogens is 268 g/mol. The Hall–Kier alpha value is -1.64. The van der Waals surface area contributed by atoms with Gasteiger partial charge in [0.05, 0.1) is 0 Å². The van der Waals surface area contributed by atoms with Gasteiger partial charge < -0.3 is 5.73 Å². The summed E-state index contributed by atoms with van der Waals surface area (Å²) in [6.07, 6.45) is 1.09. The molecule has 2 unspecified atom stereocenters. The summed E-state index contributed by atoms with van der Waals surface area (Å²) < 4.78 is 0. The number of likely N-dealkylation sites (tertiary alicyclic amines) is 1. The van der Waals surface area contributed by atoms with E-state index in [1.165, 1.54) is 22.3 Å². The molecule has 0 spiro atoms. The van der Waals surface area contributed by atoms with Crippen LogP contribution in [0.5, 0.6) is 0 Å². The van der Waals surface area contributed by atoms with E-state index in [0.717, 1.165) is 26.1 Å². The SMILES string of the molecule is Cc1ccc(C2CC(N)CN(Cc3ccccc3C)C2)cc1. The van der Waals surface area contributed by atoms with E-state index in [4.69, 9.17) is 5.73 Å². The molecule has 3 rings (SSSR count). The molecule has 0 aliphatic carbocycles. The van der Waals surface area contributed by atoms with Crippen LogP contribution < -0.4 is 5.73 Å². The third kappa shape index (κ3) is 3.57. The summed E-state index contributed by atoms with van der Waals surface area (Å²) in [4.78, 5) is 2.51. The molecule has 0 radical (unpaired) electrons. The Labute approximate surface area is 134 Å². The fourth-order valence-electron chi connectivity index (χ4n) is 3.47. The van der Waals surface area contributed by atoms with Gasteiger partial charge >= 0.3 is 0 Å². The second-order valence-electron chi connectivity index (χ2n) is 6.72. The number of aryl methyl sites for hydroxylation is 2. The van der Waals surface area contributed by atoms with E-state index >= 15 is 0 Å². The maximum absolute atomic E-state index is 6.33. The van der Waals surface area contributed by atoms with Crippen LogP contribution in [-0.2, 0) is 6.54 Å². The second-order valence-corrected chi connectivity index (χ2v) is 6.72. The average molecular weight is 294 g/mol. The quantitative estimate of drug-likeness (QED) is 0.937. The van der Waals surface area contributed by atoms with Crippen molar-refractivity contribution in [1.29, 1.82) is 0 Å². The molecule has 2 aromatic carbocycles. The number of benzene rings is 2. The van der Waals surface area contributed by atoms with Crippen LogP contribution >= 0.6 is 0 Å². The van der Waals surface area contributed by atoms with Gasteiger partial charge in [-0.2, -0.15) is 0 Å². The summed E-state index contributed by atoms with van der Waals surface area (Å²) >= 11 is 0. The highest BCUT2D eigenvalue weighted by molar-refractivity contribution is 5.27. The van der Waals surface area contributed by atoms with Crippen LogP contribution in [0, 0.1) is 13.8 Å². The van der Waals surface area contributed by atoms with E-state index in [9.17, 15) is 0 Å². The Kier molecular flexibility index (Phi) is 4.60. The third-order valence-corrected chi connectivity index (χ3v) is 4.76. The van der Waals surface area contributed by atoms with Crippen LogP contribution in [0.4, 0.5) is 0 Å². The lowest BCUT2D eigenvalue weighted by Crippen LogP contribution is -2.45. The summed E-state index contributed by atoms with van der Waals surface area (Å²) in [7, 11) is 0. The first kappa shape index (κ1) is 15.3. The molecular formula is C20H26N2. The van der Waals surface area contributed by atoms with E-state index in [0.29, 0.717) is 5.92 Å². The van der Waals surface area contributed by atoms with Crippen molar-refractivity contribution < 1.29 is 0 Å². The number of piperidine rings is 1. The van der Waals surface area contributed by atoms with Gasteiger partial charge in [0.2, 0.25) is 0 Å². The van der Waals surface area contributed by atoms with Gasteiger partial charge in [-0.25, -0.2) is 0 Å². The van der Waals surface area contributed by atoms with Crippen LogP contribution in [0.2, 0.25) is 0 Å². The predicted octanol–water partition coefficient (Wildman–Crippen LogP) is 3.62. The predicted molar refractivity (Wildman–Crippen MR) is 93.0 cm³/mol. The topological polar surface area (TPSA) is 29.3 Å². The van der Waals surface area contributed by atoms with Gasteiger partial charge in [0, 0.05) is 25.7 Å². The molecule has 2 aromatic rings. The van der Waals surface area contributed by atoms with E-state index in [1.54, 1.807) is 0 Å². The summed E-state index contributed by atoms with van der Waals surface area (Å²) in [5.74, 6) is 0.549. The Bertz CT molecular complexity index is 618.